The molecule has 1 aromatic carbocycles. The van der Waals surface area contributed by atoms with Crippen LogP contribution in [0.25, 0.3) is 0 Å². The third kappa shape index (κ3) is 1.21. The third-order valence-corrected chi connectivity index (χ3v) is 3.07. The van der Waals surface area contributed by atoms with Gasteiger partial charge in [-0.05, 0) is 18.4 Å². The SMILES string of the molecule is NC1(C(=O)O)CCC1c1ccccc1. The van der Waals surface area contributed by atoms with Crippen LogP contribution in [0.5, 0.6) is 0 Å². The molecule has 0 spiro atoms. The first-order valence-electron chi connectivity index (χ1n) is 4.72. The molecule has 1 saturated carbocycles. The van der Waals surface area contributed by atoms with Gasteiger partial charge in [-0.3, -0.25) is 4.79 Å². The molecule has 74 valence electrons. The van der Waals surface area contributed by atoms with Gasteiger partial charge in [0.1, 0.15) is 5.54 Å². The molecule has 0 bridgehead atoms. The van der Waals surface area contributed by atoms with E-state index in [9.17, 15) is 4.79 Å². The molecule has 14 heavy (non-hydrogen) atoms. The summed E-state index contributed by atoms with van der Waals surface area (Å²) in [5.74, 6) is -0.918. The van der Waals surface area contributed by atoms with E-state index in [2.05, 4.69) is 0 Å². The maximum Gasteiger partial charge on any atom is 0.324 e. The maximum absolute atomic E-state index is 11.0. The first-order valence-corrected chi connectivity index (χ1v) is 4.72. The molecule has 0 saturated heterocycles. The van der Waals surface area contributed by atoms with Crippen LogP contribution in [0, 0.1) is 0 Å². The van der Waals surface area contributed by atoms with E-state index in [1.165, 1.54) is 0 Å². The molecule has 1 aromatic rings. The number of rotatable bonds is 2. The van der Waals surface area contributed by atoms with Crippen molar-refractivity contribution in [3.05, 3.63) is 35.9 Å². The van der Waals surface area contributed by atoms with Crippen LogP contribution in [0.4, 0.5) is 0 Å². The molecule has 3 heteroatoms. The number of benzene rings is 1. The minimum atomic E-state index is -1.04. The topological polar surface area (TPSA) is 63.3 Å². The highest BCUT2D eigenvalue weighted by Gasteiger charge is 2.50. The van der Waals surface area contributed by atoms with E-state index in [4.69, 9.17) is 10.8 Å². The van der Waals surface area contributed by atoms with Gasteiger partial charge in [-0.2, -0.15) is 0 Å². The fourth-order valence-corrected chi connectivity index (χ4v) is 2.01. The monoisotopic (exact) mass is 191 g/mol. The van der Waals surface area contributed by atoms with Crippen LogP contribution in [-0.4, -0.2) is 16.6 Å². The lowest BCUT2D eigenvalue weighted by molar-refractivity contribution is -0.147. The molecule has 2 atom stereocenters. The molecule has 3 N–H and O–H groups in total. The fourth-order valence-electron chi connectivity index (χ4n) is 2.01. The molecular weight excluding hydrogens is 178 g/mol. The van der Waals surface area contributed by atoms with E-state index < -0.39 is 11.5 Å². The lowest BCUT2D eigenvalue weighted by Gasteiger charge is -2.43. The Morgan fingerprint density at radius 1 is 1.43 bits per heavy atom. The molecule has 1 fully saturated rings. The van der Waals surface area contributed by atoms with E-state index in [0.717, 1.165) is 12.0 Å². The summed E-state index contributed by atoms with van der Waals surface area (Å²) in [7, 11) is 0. The summed E-state index contributed by atoms with van der Waals surface area (Å²) in [6.45, 7) is 0. The van der Waals surface area contributed by atoms with Gasteiger partial charge in [0.05, 0.1) is 0 Å². The molecule has 0 amide bonds. The number of aliphatic carboxylic acids is 1. The van der Waals surface area contributed by atoms with Crippen molar-refractivity contribution in [3.8, 4) is 0 Å². The lowest BCUT2D eigenvalue weighted by atomic mass is 9.64. The normalized spacial score (nSPS) is 30.8. The quantitative estimate of drug-likeness (QED) is 0.741. The first kappa shape index (κ1) is 9.21. The zero-order valence-electron chi connectivity index (χ0n) is 7.81. The van der Waals surface area contributed by atoms with E-state index >= 15 is 0 Å². The predicted octanol–water partition coefficient (Wildman–Crippen LogP) is 1.35. The van der Waals surface area contributed by atoms with E-state index in [1.54, 1.807) is 0 Å². The van der Waals surface area contributed by atoms with Crippen molar-refractivity contribution in [3.63, 3.8) is 0 Å². The summed E-state index contributed by atoms with van der Waals surface area (Å²) in [4.78, 5) is 11.0. The second-order valence-corrected chi connectivity index (χ2v) is 3.85. The van der Waals surface area contributed by atoms with Gasteiger partial charge in [-0.25, -0.2) is 0 Å². The highest BCUT2D eigenvalue weighted by atomic mass is 16.4. The first-order chi connectivity index (χ1) is 6.64. The summed E-state index contributed by atoms with van der Waals surface area (Å²) in [5.41, 5.74) is 5.81. The summed E-state index contributed by atoms with van der Waals surface area (Å²) < 4.78 is 0. The van der Waals surface area contributed by atoms with Crippen molar-refractivity contribution >= 4 is 5.97 Å². The summed E-state index contributed by atoms with van der Waals surface area (Å²) in [5, 5.41) is 9.00. The molecule has 0 aliphatic heterocycles. The van der Waals surface area contributed by atoms with Crippen molar-refractivity contribution < 1.29 is 9.90 Å². The predicted molar refractivity (Wildman–Crippen MR) is 53.0 cm³/mol. The number of hydrogen-bond donors (Lipinski definition) is 2. The average Bonchev–Trinajstić information content (AvgIpc) is 2.16. The second-order valence-electron chi connectivity index (χ2n) is 3.85. The zero-order chi connectivity index (χ0) is 10.2. The Balaban J connectivity index is 2.26. The van der Waals surface area contributed by atoms with Crippen LogP contribution in [0.1, 0.15) is 24.3 Å². The van der Waals surface area contributed by atoms with Crippen molar-refractivity contribution in [2.75, 3.05) is 0 Å². The van der Waals surface area contributed by atoms with Crippen LogP contribution in [0.2, 0.25) is 0 Å². The van der Waals surface area contributed by atoms with Crippen molar-refractivity contribution in [2.24, 2.45) is 5.73 Å². The number of carbonyl (C=O) groups is 1. The zero-order valence-corrected chi connectivity index (χ0v) is 7.81. The molecule has 0 aromatic heterocycles. The Morgan fingerprint density at radius 2 is 2.07 bits per heavy atom. The van der Waals surface area contributed by atoms with Crippen LogP contribution < -0.4 is 5.73 Å². The summed E-state index contributed by atoms with van der Waals surface area (Å²) >= 11 is 0. The third-order valence-electron chi connectivity index (χ3n) is 3.07. The molecular formula is C11H13NO2. The Hall–Kier alpha value is -1.35. The van der Waals surface area contributed by atoms with Crippen LogP contribution in [0.15, 0.2) is 30.3 Å². The number of nitrogens with two attached hydrogens (primary N) is 1. The van der Waals surface area contributed by atoms with Gasteiger partial charge in [-0.15, -0.1) is 0 Å². The smallest absolute Gasteiger partial charge is 0.324 e. The summed E-state index contributed by atoms with van der Waals surface area (Å²) in [6.07, 6.45) is 1.44. The summed E-state index contributed by atoms with van der Waals surface area (Å²) in [6, 6.07) is 9.62. The Labute approximate surface area is 82.5 Å². The van der Waals surface area contributed by atoms with Gasteiger partial charge in [0.2, 0.25) is 0 Å². The second kappa shape index (κ2) is 3.10. The van der Waals surface area contributed by atoms with Crippen LogP contribution in [-0.2, 0) is 4.79 Å². The lowest BCUT2D eigenvalue weighted by Crippen LogP contribution is -2.59. The van der Waals surface area contributed by atoms with E-state index in [0.29, 0.717) is 6.42 Å². The van der Waals surface area contributed by atoms with Gasteiger partial charge in [-0.1, -0.05) is 30.3 Å². The Bertz CT molecular complexity index is 350. The molecule has 1 aliphatic carbocycles. The minimum absolute atomic E-state index is 0.0267. The van der Waals surface area contributed by atoms with Crippen LogP contribution in [0.3, 0.4) is 0 Å². The standard InChI is InChI=1S/C11H13NO2/c12-11(10(13)14)7-6-9(11)8-4-2-1-3-5-8/h1-5,9H,6-7,12H2,(H,13,14). The highest BCUT2D eigenvalue weighted by molar-refractivity contribution is 5.81. The van der Waals surface area contributed by atoms with Gasteiger partial charge < -0.3 is 10.8 Å². The fraction of sp³-hybridized carbons (Fsp3) is 0.364. The van der Waals surface area contributed by atoms with Crippen LogP contribution >= 0.6 is 0 Å². The molecule has 3 nitrogen and oxygen atoms in total. The number of hydrogen-bond acceptors (Lipinski definition) is 2. The average molecular weight is 191 g/mol. The van der Waals surface area contributed by atoms with Gasteiger partial charge >= 0.3 is 5.97 Å². The molecule has 1 aliphatic rings. The maximum atomic E-state index is 11.0. The Morgan fingerprint density at radius 3 is 2.50 bits per heavy atom. The van der Waals surface area contributed by atoms with Crippen molar-refractivity contribution in [1.82, 2.24) is 0 Å². The minimum Gasteiger partial charge on any atom is -0.480 e. The van der Waals surface area contributed by atoms with Gasteiger partial charge in [0.15, 0.2) is 0 Å². The van der Waals surface area contributed by atoms with Crippen molar-refractivity contribution in [1.29, 1.82) is 0 Å². The number of carboxylic acids is 1. The molecule has 2 rings (SSSR count). The molecule has 0 radical (unpaired) electrons. The highest BCUT2D eigenvalue weighted by Crippen LogP contribution is 2.44. The van der Waals surface area contributed by atoms with Crippen molar-refractivity contribution in [2.45, 2.75) is 24.3 Å². The number of carboxylic acid groups (broad SMARTS) is 1. The molecule has 0 heterocycles. The van der Waals surface area contributed by atoms with E-state index in [-0.39, 0.29) is 5.92 Å². The molecule has 2 unspecified atom stereocenters. The Kier molecular flexibility index (Phi) is 2.04. The largest absolute Gasteiger partial charge is 0.480 e. The van der Waals surface area contributed by atoms with E-state index in [1.807, 2.05) is 30.3 Å². The van der Waals surface area contributed by atoms with Gasteiger partial charge in [0.25, 0.3) is 0 Å². The van der Waals surface area contributed by atoms with Gasteiger partial charge in [0, 0.05) is 5.92 Å².